The molecule has 0 radical (unpaired) electrons. The topological polar surface area (TPSA) is 52.7 Å². The summed E-state index contributed by atoms with van der Waals surface area (Å²) in [5, 5.41) is 2.87. The fourth-order valence-electron chi connectivity index (χ4n) is 3.82. The number of para-hydroxylation sites is 1. The second kappa shape index (κ2) is 7.92. The largest absolute Gasteiger partial charge is 0.369 e. The Morgan fingerprint density at radius 1 is 0.963 bits per heavy atom. The Kier molecular flexibility index (Phi) is 5.21. The molecule has 0 aromatic heterocycles. The van der Waals surface area contributed by atoms with E-state index in [1.165, 1.54) is 5.69 Å². The molecule has 1 amide bonds. The summed E-state index contributed by atoms with van der Waals surface area (Å²) in [6, 6.07) is 16.2. The van der Waals surface area contributed by atoms with E-state index in [1.807, 2.05) is 24.3 Å². The minimum atomic E-state index is 0.0309. The zero-order valence-electron chi connectivity index (χ0n) is 15.5. The van der Waals surface area contributed by atoms with Crippen molar-refractivity contribution in [2.75, 3.05) is 42.9 Å². The Balaban J connectivity index is 1.29. The normalized spacial score (nSPS) is 17.3. The van der Waals surface area contributed by atoms with Gasteiger partial charge >= 0.3 is 0 Å². The molecule has 2 heterocycles. The van der Waals surface area contributed by atoms with Crippen LogP contribution in [0.25, 0.3) is 0 Å². The lowest BCUT2D eigenvalue weighted by atomic mass is 9.98. The van der Waals surface area contributed by atoms with Crippen molar-refractivity contribution >= 4 is 23.1 Å². The Labute approximate surface area is 160 Å². The Morgan fingerprint density at radius 2 is 1.74 bits per heavy atom. The molecular weight excluding hydrogens is 338 g/mol. The van der Waals surface area contributed by atoms with E-state index in [0.29, 0.717) is 18.4 Å². The van der Waals surface area contributed by atoms with Crippen molar-refractivity contribution in [1.82, 2.24) is 4.90 Å². The summed E-state index contributed by atoms with van der Waals surface area (Å²) in [6.07, 6.45) is 1.79. The van der Waals surface area contributed by atoms with Gasteiger partial charge < -0.3 is 10.2 Å². The number of hydrogen-bond donors (Lipinski definition) is 1. The monoisotopic (exact) mass is 363 g/mol. The molecule has 0 bridgehead atoms. The number of nitrogens with one attached hydrogen (secondary N) is 1. The van der Waals surface area contributed by atoms with Crippen molar-refractivity contribution < 1.29 is 9.59 Å². The first kappa shape index (κ1) is 17.7. The number of nitrogens with zero attached hydrogens (tertiary/aromatic N) is 2. The summed E-state index contributed by atoms with van der Waals surface area (Å²) in [5.41, 5.74) is 3.87. The average Bonchev–Trinajstić information content (AvgIpc) is 2.72. The van der Waals surface area contributed by atoms with Crippen LogP contribution in [-0.2, 0) is 11.2 Å². The first-order valence-electron chi connectivity index (χ1n) is 9.67. The van der Waals surface area contributed by atoms with Crippen molar-refractivity contribution in [3.05, 3.63) is 59.7 Å². The van der Waals surface area contributed by atoms with Crippen molar-refractivity contribution in [1.29, 1.82) is 0 Å². The molecule has 5 nitrogen and oxygen atoms in total. The van der Waals surface area contributed by atoms with Crippen LogP contribution in [0.15, 0.2) is 48.5 Å². The summed E-state index contributed by atoms with van der Waals surface area (Å²) in [5.74, 6) is 0.173. The van der Waals surface area contributed by atoms with Crippen LogP contribution >= 0.6 is 0 Å². The molecule has 0 aliphatic carbocycles. The maximum Gasteiger partial charge on any atom is 0.224 e. The maximum atomic E-state index is 12.6. The lowest BCUT2D eigenvalue weighted by molar-refractivity contribution is -0.116. The van der Waals surface area contributed by atoms with Crippen LogP contribution in [0.1, 0.15) is 28.8 Å². The highest BCUT2D eigenvalue weighted by Gasteiger charge is 2.19. The van der Waals surface area contributed by atoms with Gasteiger partial charge in [0.2, 0.25) is 5.91 Å². The van der Waals surface area contributed by atoms with E-state index in [-0.39, 0.29) is 11.7 Å². The predicted octanol–water partition coefficient (Wildman–Crippen LogP) is 2.97. The highest BCUT2D eigenvalue weighted by atomic mass is 16.1. The van der Waals surface area contributed by atoms with Crippen LogP contribution in [0.5, 0.6) is 0 Å². The second-order valence-corrected chi connectivity index (χ2v) is 7.26. The van der Waals surface area contributed by atoms with E-state index in [9.17, 15) is 9.59 Å². The van der Waals surface area contributed by atoms with Gasteiger partial charge in [-0.3, -0.25) is 14.5 Å². The Morgan fingerprint density at radius 3 is 2.52 bits per heavy atom. The third-order valence-electron chi connectivity index (χ3n) is 5.48. The van der Waals surface area contributed by atoms with Gasteiger partial charge in [-0.05, 0) is 30.2 Å². The number of piperazine rings is 1. The maximum absolute atomic E-state index is 12.6. The number of carbonyl (C=O) groups excluding carboxylic acids is 2. The number of aryl methyl sites for hydroxylation is 1. The van der Waals surface area contributed by atoms with Gasteiger partial charge in [0.05, 0.1) is 0 Å². The molecule has 0 spiro atoms. The molecule has 2 aliphatic heterocycles. The summed E-state index contributed by atoms with van der Waals surface area (Å²) in [7, 11) is 0. The Hall–Kier alpha value is -2.66. The van der Waals surface area contributed by atoms with E-state index in [4.69, 9.17) is 0 Å². The van der Waals surface area contributed by atoms with E-state index in [0.717, 1.165) is 50.4 Å². The SMILES string of the molecule is O=C1CCc2ccc(C(=O)CCN3CCN(c4ccccc4)CC3)cc2N1. The molecule has 2 aromatic rings. The number of ketones is 1. The van der Waals surface area contributed by atoms with Crippen LogP contribution in [0, 0.1) is 0 Å². The first-order valence-corrected chi connectivity index (χ1v) is 9.67. The van der Waals surface area contributed by atoms with Crippen molar-refractivity contribution in [2.45, 2.75) is 19.3 Å². The third-order valence-corrected chi connectivity index (χ3v) is 5.48. The van der Waals surface area contributed by atoms with Gasteiger partial charge in [-0.1, -0.05) is 30.3 Å². The number of anilines is 2. The number of fused-ring (bicyclic) bond motifs is 1. The van der Waals surface area contributed by atoms with E-state index in [1.54, 1.807) is 0 Å². The number of rotatable bonds is 5. The molecule has 0 saturated carbocycles. The molecule has 5 heteroatoms. The van der Waals surface area contributed by atoms with Gasteiger partial charge in [-0.2, -0.15) is 0 Å². The zero-order valence-corrected chi connectivity index (χ0v) is 15.5. The lowest BCUT2D eigenvalue weighted by Crippen LogP contribution is -2.46. The van der Waals surface area contributed by atoms with Gasteiger partial charge in [0.25, 0.3) is 0 Å². The van der Waals surface area contributed by atoms with Crippen LogP contribution in [0.2, 0.25) is 0 Å². The smallest absolute Gasteiger partial charge is 0.224 e. The van der Waals surface area contributed by atoms with Crippen LogP contribution < -0.4 is 10.2 Å². The molecular formula is C22H25N3O2. The molecule has 0 atom stereocenters. The molecule has 4 rings (SSSR count). The molecule has 2 aliphatic rings. The number of Topliss-reactive ketones (excluding diaryl/α,β-unsaturated/α-hetero) is 1. The summed E-state index contributed by atoms with van der Waals surface area (Å²) in [4.78, 5) is 28.9. The van der Waals surface area contributed by atoms with Crippen molar-refractivity contribution in [3.63, 3.8) is 0 Å². The van der Waals surface area contributed by atoms with E-state index < -0.39 is 0 Å². The van der Waals surface area contributed by atoms with Gasteiger partial charge in [0, 0.05) is 62.5 Å². The third kappa shape index (κ3) is 4.19. The summed E-state index contributed by atoms with van der Waals surface area (Å²) < 4.78 is 0. The van der Waals surface area contributed by atoms with Crippen molar-refractivity contribution in [2.24, 2.45) is 0 Å². The lowest BCUT2D eigenvalue weighted by Gasteiger charge is -2.36. The Bertz CT molecular complexity index is 827. The number of carbonyl (C=O) groups is 2. The minimum absolute atomic E-state index is 0.0309. The van der Waals surface area contributed by atoms with Gasteiger partial charge in [0.15, 0.2) is 5.78 Å². The molecule has 2 aromatic carbocycles. The van der Waals surface area contributed by atoms with Crippen LogP contribution in [0.3, 0.4) is 0 Å². The molecule has 140 valence electrons. The number of benzene rings is 2. The van der Waals surface area contributed by atoms with Gasteiger partial charge in [0.1, 0.15) is 0 Å². The fraction of sp³-hybridized carbons (Fsp3) is 0.364. The molecule has 27 heavy (non-hydrogen) atoms. The number of amides is 1. The quantitative estimate of drug-likeness (QED) is 0.830. The summed E-state index contributed by atoms with van der Waals surface area (Å²) in [6.45, 7) is 4.71. The van der Waals surface area contributed by atoms with E-state index >= 15 is 0 Å². The fourth-order valence-corrected chi connectivity index (χ4v) is 3.82. The molecule has 1 saturated heterocycles. The highest BCUT2D eigenvalue weighted by Crippen LogP contribution is 2.24. The first-order chi connectivity index (χ1) is 13.2. The summed E-state index contributed by atoms with van der Waals surface area (Å²) >= 11 is 0. The second-order valence-electron chi connectivity index (χ2n) is 7.26. The van der Waals surface area contributed by atoms with Crippen LogP contribution in [0.4, 0.5) is 11.4 Å². The standard InChI is InChI=1S/C22H25N3O2/c26-21(18-7-6-17-8-9-22(27)23-20(17)16-18)10-11-24-12-14-25(15-13-24)19-4-2-1-3-5-19/h1-7,16H,8-15H2,(H,23,27). The highest BCUT2D eigenvalue weighted by molar-refractivity contribution is 6.00. The molecule has 0 unspecified atom stereocenters. The zero-order chi connectivity index (χ0) is 18.6. The predicted molar refractivity (Wildman–Crippen MR) is 107 cm³/mol. The molecule has 1 N–H and O–H groups in total. The molecule has 1 fully saturated rings. The van der Waals surface area contributed by atoms with E-state index in [2.05, 4.69) is 39.4 Å². The average molecular weight is 363 g/mol. The van der Waals surface area contributed by atoms with Crippen molar-refractivity contribution in [3.8, 4) is 0 Å². The minimum Gasteiger partial charge on any atom is -0.369 e. The van der Waals surface area contributed by atoms with Crippen LogP contribution in [-0.4, -0.2) is 49.3 Å². The number of hydrogen-bond acceptors (Lipinski definition) is 4. The van der Waals surface area contributed by atoms with Gasteiger partial charge in [-0.15, -0.1) is 0 Å². The van der Waals surface area contributed by atoms with Gasteiger partial charge in [-0.25, -0.2) is 0 Å².